The van der Waals surface area contributed by atoms with Crippen molar-refractivity contribution in [3.05, 3.63) is 100 Å². The molecule has 0 aromatic heterocycles. The molecule has 1 unspecified atom stereocenters. The molecule has 7 heteroatoms. The Morgan fingerprint density at radius 2 is 1.58 bits per heavy atom. The molecule has 0 aliphatic heterocycles. The Labute approximate surface area is 209 Å². The van der Waals surface area contributed by atoms with Gasteiger partial charge in [0.1, 0.15) is 6.04 Å². The van der Waals surface area contributed by atoms with Crippen molar-refractivity contribution in [1.29, 1.82) is 0 Å². The van der Waals surface area contributed by atoms with E-state index in [2.05, 4.69) is 5.32 Å². The molecule has 4 nitrogen and oxygen atoms in total. The Hall–Kier alpha value is -2.47. The van der Waals surface area contributed by atoms with Gasteiger partial charge in [0.05, 0.1) is 15.8 Å². The number of amides is 2. The second kappa shape index (κ2) is 12.7. The van der Waals surface area contributed by atoms with Crippen molar-refractivity contribution in [3.8, 4) is 0 Å². The number of nitrogens with zero attached hydrogens (tertiary/aromatic N) is 1. The topological polar surface area (TPSA) is 49.4 Å². The lowest BCUT2D eigenvalue weighted by atomic mass is 10.0. The van der Waals surface area contributed by atoms with E-state index < -0.39 is 6.04 Å². The van der Waals surface area contributed by atoms with E-state index in [0.717, 1.165) is 16.0 Å². The second-order valence-electron chi connectivity index (χ2n) is 7.47. The highest BCUT2D eigenvalue weighted by Crippen LogP contribution is 2.25. The fourth-order valence-electron chi connectivity index (χ4n) is 3.43. The van der Waals surface area contributed by atoms with Crippen LogP contribution in [0.5, 0.6) is 0 Å². The number of benzene rings is 3. The maximum atomic E-state index is 13.5. The molecule has 0 fully saturated rings. The van der Waals surface area contributed by atoms with Crippen molar-refractivity contribution in [2.24, 2.45) is 0 Å². The summed E-state index contributed by atoms with van der Waals surface area (Å²) in [6, 6.07) is 24.1. The zero-order valence-corrected chi connectivity index (χ0v) is 20.7. The summed E-state index contributed by atoms with van der Waals surface area (Å²) in [7, 11) is 0. The van der Waals surface area contributed by atoms with Crippen molar-refractivity contribution in [1.82, 2.24) is 10.2 Å². The Kier molecular flexibility index (Phi) is 9.67. The van der Waals surface area contributed by atoms with Gasteiger partial charge in [0, 0.05) is 24.4 Å². The average molecular weight is 501 g/mol. The Morgan fingerprint density at radius 3 is 2.21 bits per heavy atom. The van der Waals surface area contributed by atoms with Gasteiger partial charge in [-0.3, -0.25) is 9.59 Å². The fourth-order valence-corrected chi connectivity index (χ4v) is 4.55. The molecule has 0 radical (unpaired) electrons. The summed E-state index contributed by atoms with van der Waals surface area (Å²) in [4.78, 5) is 29.2. The first kappa shape index (κ1) is 25.2. The van der Waals surface area contributed by atoms with Crippen LogP contribution in [-0.4, -0.2) is 35.1 Å². The molecule has 0 aliphatic carbocycles. The molecule has 3 aromatic rings. The number of hydrogen-bond donors (Lipinski definition) is 1. The predicted octanol–water partition coefficient (Wildman–Crippen LogP) is 5.86. The summed E-state index contributed by atoms with van der Waals surface area (Å²) in [6.07, 6.45) is 0.412. The lowest BCUT2D eigenvalue weighted by Crippen LogP contribution is -2.51. The quantitative estimate of drug-likeness (QED) is 0.354. The Bertz CT molecular complexity index is 1060. The highest BCUT2D eigenvalue weighted by atomic mass is 35.5. The van der Waals surface area contributed by atoms with Gasteiger partial charge in [0.15, 0.2) is 0 Å². The first-order chi connectivity index (χ1) is 16.0. The third-order valence-electron chi connectivity index (χ3n) is 5.06. The number of hydrogen-bond acceptors (Lipinski definition) is 3. The molecule has 0 heterocycles. The summed E-state index contributed by atoms with van der Waals surface area (Å²) in [6.45, 7) is 2.60. The number of nitrogens with one attached hydrogen (secondary N) is 1. The van der Waals surface area contributed by atoms with Crippen molar-refractivity contribution in [2.75, 3.05) is 12.3 Å². The van der Waals surface area contributed by atoms with E-state index in [1.165, 1.54) is 11.8 Å². The minimum atomic E-state index is -0.661. The number of carbonyl (C=O) groups is 2. The van der Waals surface area contributed by atoms with Gasteiger partial charge >= 0.3 is 0 Å². The predicted molar refractivity (Wildman–Crippen MR) is 137 cm³/mol. The molecule has 1 N–H and O–H groups in total. The SMILES string of the molecule is CCNC(=O)C(Cc1ccccc1)N(Cc1ccc(Cl)c(Cl)c1)C(=O)CSc1ccccc1. The number of carbonyl (C=O) groups excluding carboxylic acids is 2. The van der Waals surface area contributed by atoms with E-state index in [1.807, 2.05) is 73.7 Å². The van der Waals surface area contributed by atoms with E-state index in [-0.39, 0.29) is 24.1 Å². The molecule has 0 aliphatic rings. The van der Waals surface area contributed by atoms with Crippen LogP contribution < -0.4 is 5.32 Å². The van der Waals surface area contributed by atoms with Crippen LogP contribution in [0.4, 0.5) is 0 Å². The van der Waals surface area contributed by atoms with E-state index in [1.54, 1.807) is 17.0 Å². The van der Waals surface area contributed by atoms with Crippen LogP contribution in [0.15, 0.2) is 83.8 Å². The van der Waals surface area contributed by atoms with Gasteiger partial charge in [-0.05, 0) is 42.3 Å². The van der Waals surface area contributed by atoms with Crippen molar-refractivity contribution in [2.45, 2.75) is 30.8 Å². The minimum absolute atomic E-state index is 0.123. The number of thioether (sulfide) groups is 1. The summed E-state index contributed by atoms with van der Waals surface area (Å²) >= 11 is 13.8. The molecule has 0 bridgehead atoms. The van der Waals surface area contributed by atoms with Crippen molar-refractivity contribution in [3.63, 3.8) is 0 Å². The second-order valence-corrected chi connectivity index (χ2v) is 9.34. The smallest absolute Gasteiger partial charge is 0.243 e. The molecular formula is C26H26Cl2N2O2S. The van der Waals surface area contributed by atoms with Crippen molar-refractivity contribution < 1.29 is 9.59 Å². The first-order valence-electron chi connectivity index (χ1n) is 10.7. The van der Waals surface area contributed by atoms with E-state index in [4.69, 9.17) is 23.2 Å². The lowest BCUT2D eigenvalue weighted by Gasteiger charge is -2.31. The number of halogens is 2. The highest BCUT2D eigenvalue weighted by molar-refractivity contribution is 8.00. The minimum Gasteiger partial charge on any atom is -0.355 e. The average Bonchev–Trinajstić information content (AvgIpc) is 2.83. The van der Waals surface area contributed by atoms with Crippen LogP contribution in [0.25, 0.3) is 0 Å². The number of likely N-dealkylation sites (N-methyl/N-ethyl adjacent to an activating group) is 1. The molecule has 33 heavy (non-hydrogen) atoms. The van der Waals surface area contributed by atoms with Crippen LogP contribution in [0.3, 0.4) is 0 Å². The number of rotatable bonds is 10. The monoisotopic (exact) mass is 500 g/mol. The van der Waals surface area contributed by atoms with Crippen LogP contribution in [0, 0.1) is 0 Å². The summed E-state index contributed by atoms with van der Waals surface area (Å²) in [5.41, 5.74) is 1.79. The normalized spacial score (nSPS) is 11.6. The van der Waals surface area contributed by atoms with Crippen LogP contribution in [0.2, 0.25) is 10.0 Å². The highest BCUT2D eigenvalue weighted by Gasteiger charge is 2.30. The molecule has 172 valence electrons. The Morgan fingerprint density at radius 1 is 0.909 bits per heavy atom. The standard InChI is InChI=1S/C26H26Cl2N2O2S/c1-2-29-26(32)24(16-19-9-5-3-6-10-19)30(17-20-13-14-22(27)23(28)15-20)25(31)18-33-21-11-7-4-8-12-21/h3-15,24H,2,16-18H2,1H3,(H,29,32). The fraction of sp³-hybridized carbons (Fsp3) is 0.231. The molecule has 2 amide bonds. The first-order valence-corrected chi connectivity index (χ1v) is 12.4. The van der Waals surface area contributed by atoms with Gasteiger partial charge in [-0.15, -0.1) is 11.8 Å². The summed E-state index contributed by atoms with van der Waals surface area (Å²) in [5, 5.41) is 3.76. The maximum absolute atomic E-state index is 13.5. The summed E-state index contributed by atoms with van der Waals surface area (Å²) < 4.78 is 0. The van der Waals surface area contributed by atoms with Crippen LogP contribution in [-0.2, 0) is 22.6 Å². The lowest BCUT2D eigenvalue weighted by molar-refractivity contribution is -0.139. The molecule has 3 rings (SSSR count). The van der Waals surface area contributed by atoms with E-state index >= 15 is 0 Å². The van der Waals surface area contributed by atoms with Crippen LogP contribution in [0.1, 0.15) is 18.1 Å². The van der Waals surface area contributed by atoms with Crippen molar-refractivity contribution >= 4 is 46.8 Å². The van der Waals surface area contributed by atoms with Gasteiger partial charge in [-0.25, -0.2) is 0 Å². The van der Waals surface area contributed by atoms with E-state index in [9.17, 15) is 9.59 Å². The van der Waals surface area contributed by atoms with Gasteiger partial charge in [-0.2, -0.15) is 0 Å². The maximum Gasteiger partial charge on any atom is 0.243 e. The van der Waals surface area contributed by atoms with Gasteiger partial charge in [0.25, 0.3) is 0 Å². The molecule has 0 saturated carbocycles. The van der Waals surface area contributed by atoms with E-state index in [0.29, 0.717) is 23.0 Å². The van der Waals surface area contributed by atoms with Gasteiger partial charge < -0.3 is 10.2 Å². The van der Waals surface area contributed by atoms with Gasteiger partial charge in [0.2, 0.25) is 11.8 Å². The Balaban J connectivity index is 1.90. The zero-order chi connectivity index (χ0) is 23.6. The third-order valence-corrected chi connectivity index (χ3v) is 6.80. The molecule has 1 atom stereocenters. The zero-order valence-electron chi connectivity index (χ0n) is 18.3. The summed E-state index contributed by atoms with van der Waals surface area (Å²) in [5.74, 6) is -0.0858. The molecular weight excluding hydrogens is 475 g/mol. The molecule has 3 aromatic carbocycles. The molecule has 0 saturated heterocycles. The third kappa shape index (κ3) is 7.53. The largest absolute Gasteiger partial charge is 0.355 e. The molecule has 0 spiro atoms. The van der Waals surface area contributed by atoms with Gasteiger partial charge in [-0.1, -0.05) is 77.8 Å². The van der Waals surface area contributed by atoms with Crippen LogP contribution >= 0.6 is 35.0 Å².